The van der Waals surface area contributed by atoms with Crippen LogP contribution in [0.15, 0.2) is 18.2 Å². The number of likely N-dealkylation sites (tertiary alicyclic amines) is 1. The minimum Gasteiger partial charge on any atom is -0.507 e. The molecule has 0 radical (unpaired) electrons. The summed E-state index contributed by atoms with van der Waals surface area (Å²) in [6, 6.07) is 3.41. The number of hydrogen-bond donors (Lipinski definition) is 8. The first-order valence-electron chi connectivity index (χ1n) is 18.5. The van der Waals surface area contributed by atoms with Gasteiger partial charge in [0.1, 0.15) is 29.5 Å². The van der Waals surface area contributed by atoms with Gasteiger partial charge in [-0.25, -0.2) is 0 Å². The van der Waals surface area contributed by atoms with Crippen LogP contribution in [0.1, 0.15) is 101 Å². The van der Waals surface area contributed by atoms with Crippen LogP contribution in [0.3, 0.4) is 0 Å². The van der Waals surface area contributed by atoms with Gasteiger partial charge in [-0.2, -0.15) is 0 Å². The average molecular weight is 801 g/mol. The monoisotopic (exact) mass is 800 g/mol. The molecule has 0 aromatic heterocycles. The van der Waals surface area contributed by atoms with E-state index >= 15 is 0 Å². The van der Waals surface area contributed by atoms with E-state index in [2.05, 4.69) is 5.32 Å². The number of likely N-dealkylation sites (N-methyl/N-ethyl adjacent to an activating group) is 1. The summed E-state index contributed by atoms with van der Waals surface area (Å²) in [6.45, 7) is 2.18. The lowest BCUT2D eigenvalue weighted by molar-refractivity contribution is -0.249. The fraction of sp³-hybridized carbons (Fsp3) is 0.538. The third-order valence-electron chi connectivity index (χ3n) is 11.0. The maximum Gasteiger partial charge on any atom is 0.303 e. The van der Waals surface area contributed by atoms with Crippen LogP contribution < -0.4 is 10.1 Å². The van der Waals surface area contributed by atoms with E-state index in [0.717, 1.165) is 0 Å². The largest absolute Gasteiger partial charge is 0.507 e. The molecule has 1 amide bonds. The molecule has 4 unspecified atom stereocenters. The van der Waals surface area contributed by atoms with Crippen molar-refractivity contribution in [3.8, 4) is 17.2 Å². The first-order chi connectivity index (χ1) is 26.9. The molecular formula is C39H48N2O16. The highest BCUT2D eigenvalue weighted by molar-refractivity contribution is 6.31. The number of carbonyl (C=O) groups is 6. The number of amides is 1. The molecule has 2 aromatic carbocycles. The van der Waals surface area contributed by atoms with E-state index in [1.54, 1.807) is 14.0 Å². The Balaban J connectivity index is 0.000000306. The number of β-amino-alcohol motifs (C(OH)–C–C–N with tert-alkyl or cyclic N) is 1. The van der Waals surface area contributed by atoms with Crippen molar-refractivity contribution in [2.75, 3.05) is 27.3 Å². The molecule has 6 rings (SSSR count). The van der Waals surface area contributed by atoms with Crippen LogP contribution in [-0.4, -0.2) is 145 Å². The molecule has 2 saturated heterocycles. The van der Waals surface area contributed by atoms with Gasteiger partial charge in [0, 0.05) is 67.8 Å². The number of nitrogens with one attached hydrogen (secondary N) is 1. The summed E-state index contributed by atoms with van der Waals surface area (Å²) >= 11 is 0. The molecule has 2 fully saturated rings. The van der Waals surface area contributed by atoms with Gasteiger partial charge in [0.25, 0.3) is 0 Å². The number of fused-ring (bicyclic) bond motifs is 3. The van der Waals surface area contributed by atoms with E-state index < -0.39 is 114 Å². The number of phenolic OH excluding ortho intramolecular Hbond substituents is 2. The molecular weight excluding hydrogens is 752 g/mol. The number of rotatable bonds is 11. The highest BCUT2D eigenvalue weighted by Gasteiger charge is 2.50. The highest BCUT2D eigenvalue weighted by Crippen LogP contribution is 2.52. The lowest BCUT2D eigenvalue weighted by Gasteiger charge is -2.42. The molecule has 4 aliphatic rings. The van der Waals surface area contributed by atoms with Gasteiger partial charge in [0.15, 0.2) is 23.6 Å². The molecule has 2 aliphatic carbocycles. The van der Waals surface area contributed by atoms with Gasteiger partial charge in [0.2, 0.25) is 11.7 Å². The number of aliphatic carboxylic acids is 1. The summed E-state index contributed by atoms with van der Waals surface area (Å²) in [4.78, 5) is 74.6. The van der Waals surface area contributed by atoms with Crippen molar-refractivity contribution in [3.63, 3.8) is 0 Å². The molecule has 0 spiro atoms. The van der Waals surface area contributed by atoms with Crippen molar-refractivity contribution in [2.24, 2.45) is 0 Å². The SMILES string of the molecule is CC(=O)[C@@H]1C[C@@H](O)CN1C(=O)CCCC(=O)O.CNC1CC(O[C@H]2C[C@](O)(C(=O)CO)Cc3c(O)c4c(c(O)c32)C(=O)c2c(OC)cccc2C4=O)OC(C)C1O. The molecule has 0 saturated carbocycles. The smallest absolute Gasteiger partial charge is 0.303 e. The molecule has 0 bridgehead atoms. The Hall–Kier alpha value is -4.82. The number of Topliss-reactive ketones (excluding diaryl/α,β-unsaturated/α-hetero) is 2. The quantitative estimate of drug-likeness (QED) is 0.119. The molecule has 2 heterocycles. The molecule has 310 valence electrons. The van der Waals surface area contributed by atoms with Crippen LogP contribution >= 0.6 is 0 Å². The Morgan fingerprint density at radius 3 is 2.32 bits per heavy atom. The third kappa shape index (κ3) is 8.43. The number of aliphatic hydroxyl groups excluding tert-OH is 3. The van der Waals surface area contributed by atoms with E-state index in [4.69, 9.17) is 19.3 Å². The van der Waals surface area contributed by atoms with E-state index in [-0.39, 0.29) is 78.3 Å². The molecule has 8 N–H and O–H groups in total. The Morgan fingerprint density at radius 2 is 1.70 bits per heavy atom. The lowest BCUT2D eigenvalue weighted by atomic mass is 9.72. The van der Waals surface area contributed by atoms with Crippen molar-refractivity contribution in [1.29, 1.82) is 0 Å². The van der Waals surface area contributed by atoms with Gasteiger partial charge in [-0.05, 0) is 33.4 Å². The highest BCUT2D eigenvalue weighted by atomic mass is 16.7. The van der Waals surface area contributed by atoms with Gasteiger partial charge in [0.05, 0.1) is 54.3 Å². The summed E-state index contributed by atoms with van der Waals surface area (Å²) in [5, 5.41) is 75.0. The van der Waals surface area contributed by atoms with Crippen molar-refractivity contribution in [2.45, 2.75) is 107 Å². The predicted molar refractivity (Wildman–Crippen MR) is 195 cm³/mol. The molecule has 18 heteroatoms. The zero-order chi connectivity index (χ0) is 42.1. The van der Waals surface area contributed by atoms with E-state index in [0.29, 0.717) is 0 Å². The number of aliphatic hydroxyl groups is 4. The van der Waals surface area contributed by atoms with Crippen molar-refractivity contribution in [3.05, 3.63) is 51.6 Å². The number of carbonyl (C=O) groups excluding carboxylic acids is 5. The van der Waals surface area contributed by atoms with Crippen LogP contribution in [0.2, 0.25) is 0 Å². The second-order valence-electron chi connectivity index (χ2n) is 14.7. The van der Waals surface area contributed by atoms with Crippen LogP contribution in [-0.2, 0) is 35.1 Å². The van der Waals surface area contributed by atoms with Crippen molar-refractivity contribution < 1.29 is 78.7 Å². The fourth-order valence-electron chi connectivity index (χ4n) is 8.01. The second kappa shape index (κ2) is 17.4. The van der Waals surface area contributed by atoms with E-state index in [1.807, 2.05) is 0 Å². The summed E-state index contributed by atoms with van der Waals surface area (Å²) in [6.07, 6.45) is -4.75. The minimum atomic E-state index is -2.23. The predicted octanol–water partition coefficient (Wildman–Crippen LogP) is 0.0541. The van der Waals surface area contributed by atoms with Gasteiger partial charge >= 0.3 is 5.97 Å². The molecule has 2 aromatic rings. The number of ketones is 4. The zero-order valence-electron chi connectivity index (χ0n) is 31.9. The Labute approximate surface area is 327 Å². The molecule has 18 nitrogen and oxygen atoms in total. The Morgan fingerprint density at radius 1 is 1.02 bits per heavy atom. The Bertz CT molecular complexity index is 1950. The summed E-state index contributed by atoms with van der Waals surface area (Å²) < 4.78 is 17.2. The zero-order valence-corrected chi connectivity index (χ0v) is 31.9. The second-order valence-corrected chi connectivity index (χ2v) is 14.7. The number of carboxylic acid groups (broad SMARTS) is 1. The summed E-state index contributed by atoms with van der Waals surface area (Å²) in [7, 11) is 2.99. The first kappa shape index (κ1) is 43.3. The van der Waals surface area contributed by atoms with Gasteiger partial charge in [-0.3, -0.25) is 28.8 Å². The molecule has 8 atom stereocenters. The standard InChI is InChI=1S/C28H31NO11.C11H17NO5/c1-11-23(32)14(29-2)7-18(39-11)40-16-9-28(37,17(31)10-30)8-13-20(16)27(36)22-21(25(13)34)24(33)12-5-4-6-15(38-3)19(12)26(22)35;1-7(13)9-5-8(14)6-12(9)10(15)3-2-4-11(16)17/h4-6,11,14,16,18,23,29-30,32,34,36-37H,7-10H2,1-3H3;8-9,14H,2-6H2,1H3,(H,16,17)/t11?,14?,16-,18?,23?,28-;8-,9+/m01/s1. The number of nitrogens with zero attached hydrogens (tertiary/aromatic N) is 1. The number of phenols is 2. The van der Waals surface area contributed by atoms with Gasteiger partial charge in [-0.1, -0.05) is 12.1 Å². The Kier molecular flexibility index (Phi) is 13.2. The van der Waals surface area contributed by atoms with Crippen LogP contribution in [0.25, 0.3) is 0 Å². The average Bonchev–Trinajstić information content (AvgIpc) is 3.57. The first-order valence-corrected chi connectivity index (χ1v) is 18.5. The number of hydrogen-bond acceptors (Lipinski definition) is 16. The van der Waals surface area contributed by atoms with E-state index in [9.17, 15) is 59.4 Å². The number of benzene rings is 2. The third-order valence-corrected chi connectivity index (χ3v) is 11.0. The van der Waals surface area contributed by atoms with Crippen LogP contribution in [0.5, 0.6) is 17.2 Å². The van der Waals surface area contributed by atoms with Crippen LogP contribution in [0.4, 0.5) is 0 Å². The van der Waals surface area contributed by atoms with Crippen molar-refractivity contribution in [1.82, 2.24) is 10.2 Å². The van der Waals surface area contributed by atoms with E-state index in [1.165, 1.54) is 37.1 Å². The number of ether oxygens (including phenoxy) is 3. The fourth-order valence-corrected chi connectivity index (χ4v) is 8.01. The van der Waals surface area contributed by atoms with Gasteiger partial charge in [-0.15, -0.1) is 0 Å². The van der Waals surface area contributed by atoms with Crippen LogP contribution in [0, 0.1) is 0 Å². The summed E-state index contributed by atoms with van der Waals surface area (Å²) in [5.41, 5.74) is -3.52. The maximum absolute atomic E-state index is 13.7. The normalized spacial score (nSPS) is 27.7. The minimum absolute atomic E-state index is 0.0435. The topological polar surface area (TPSA) is 287 Å². The summed E-state index contributed by atoms with van der Waals surface area (Å²) in [5.74, 6) is -5.04. The lowest BCUT2D eigenvalue weighted by Crippen LogP contribution is -2.53. The number of carboxylic acids is 1. The maximum atomic E-state index is 13.7. The molecule has 2 aliphatic heterocycles. The van der Waals surface area contributed by atoms with Gasteiger partial charge < -0.3 is 60.2 Å². The molecule has 57 heavy (non-hydrogen) atoms. The number of aromatic hydroxyl groups is 2. The van der Waals surface area contributed by atoms with Crippen molar-refractivity contribution >= 4 is 35.0 Å². The number of methoxy groups -OCH3 is 1.